The van der Waals surface area contributed by atoms with Crippen LogP contribution >= 0.6 is 0 Å². The summed E-state index contributed by atoms with van der Waals surface area (Å²) in [5.74, 6) is 0. The lowest BCUT2D eigenvalue weighted by Crippen LogP contribution is -2.28. The van der Waals surface area contributed by atoms with Gasteiger partial charge in [-0.25, -0.2) is 0 Å². The topological polar surface area (TPSA) is 8.17 Å². The van der Waals surface area contributed by atoms with Crippen molar-refractivity contribution in [3.05, 3.63) is 66.4 Å². The van der Waals surface area contributed by atoms with Crippen LogP contribution in [0.1, 0.15) is 39.3 Å². The van der Waals surface area contributed by atoms with Crippen molar-refractivity contribution >= 4 is 16.6 Å². The zero-order valence-electron chi connectivity index (χ0n) is 15.2. The molecule has 2 heterocycles. The van der Waals surface area contributed by atoms with Gasteiger partial charge in [-0.05, 0) is 63.3 Å². The van der Waals surface area contributed by atoms with Crippen molar-refractivity contribution in [2.24, 2.45) is 0 Å². The number of anilines is 1. The predicted molar refractivity (Wildman–Crippen MR) is 105 cm³/mol. The summed E-state index contributed by atoms with van der Waals surface area (Å²) >= 11 is 0. The molecular formula is C22H28N2. The Morgan fingerprint density at radius 1 is 0.792 bits per heavy atom. The van der Waals surface area contributed by atoms with E-state index >= 15 is 0 Å². The predicted octanol–water partition coefficient (Wildman–Crippen LogP) is 5.68. The van der Waals surface area contributed by atoms with Crippen LogP contribution in [0.3, 0.4) is 0 Å². The van der Waals surface area contributed by atoms with Crippen LogP contribution in [-0.2, 0) is 6.42 Å². The van der Waals surface area contributed by atoms with Gasteiger partial charge in [-0.3, -0.25) is 0 Å². The van der Waals surface area contributed by atoms with E-state index in [9.17, 15) is 0 Å². The Bertz CT molecular complexity index is 798. The van der Waals surface area contributed by atoms with E-state index < -0.39 is 0 Å². The van der Waals surface area contributed by atoms with Gasteiger partial charge in [-0.15, -0.1) is 0 Å². The second-order valence-corrected chi connectivity index (χ2v) is 7.04. The van der Waals surface area contributed by atoms with Gasteiger partial charge in [0.15, 0.2) is 0 Å². The average Bonchev–Trinajstić information content (AvgIpc) is 3.19. The first-order valence-electron chi connectivity index (χ1n) is 8.98. The van der Waals surface area contributed by atoms with Gasteiger partial charge in [0.2, 0.25) is 0 Å². The molecule has 0 atom stereocenters. The standard InChI is InChI=1S/C11H15N.C11H13N/c2*1-9(2)12-8-7-10-5-3-4-6-11(10)12/h3-6,9H,7-8H2,1-2H3;3-9H,1-2H3. The molecule has 0 amide bonds. The third-order valence-corrected chi connectivity index (χ3v) is 4.73. The highest BCUT2D eigenvalue weighted by Crippen LogP contribution is 2.28. The number of para-hydroxylation sites is 2. The average molecular weight is 320 g/mol. The summed E-state index contributed by atoms with van der Waals surface area (Å²) in [6.07, 6.45) is 3.36. The van der Waals surface area contributed by atoms with Crippen molar-refractivity contribution in [3.8, 4) is 0 Å². The Labute approximate surface area is 145 Å². The van der Waals surface area contributed by atoms with Crippen LogP contribution < -0.4 is 4.90 Å². The molecule has 1 aromatic heterocycles. The third kappa shape index (κ3) is 3.33. The molecule has 1 aliphatic rings. The van der Waals surface area contributed by atoms with E-state index in [2.05, 4.69) is 98.0 Å². The molecule has 24 heavy (non-hydrogen) atoms. The van der Waals surface area contributed by atoms with Gasteiger partial charge in [0.05, 0.1) is 0 Å². The summed E-state index contributed by atoms with van der Waals surface area (Å²) in [5.41, 5.74) is 4.27. The van der Waals surface area contributed by atoms with Crippen LogP contribution in [0.25, 0.3) is 10.9 Å². The van der Waals surface area contributed by atoms with Crippen LogP contribution in [-0.4, -0.2) is 17.2 Å². The van der Waals surface area contributed by atoms with Crippen molar-refractivity contribution in [2.45, 2.75) is 46.2 Å². The first-order chi connectivity index (χ1) is 11.6. The first kappa shape index (κ1) is 16.6. The molecule has 126 valence electrons. The maximum absolute atomic E-state index is 2.47. The molecule has 2 heteroatoms. The van der Waals surface area contributed by atoms with Gasteiger partial charge in [-0.2, -0.15) is 0 Å². The van der Waals surface area contributed by atoms with E-state index in [1.54, 1.807) is 0 Å². The van der Waals surface area contributed by atoms with Crippen molar-refractivity contribution in [1.29, 1.82) is 0 Å². The van der Waals surface area contributed by atoms with E-state index in [0.29, 0.717) is 12.1 Å². The molecule has 0 spiro atoms. The SMILES string of the molecule is CC(C)N1CCc2ccccc21.CC(C)n1ccc2ccccc21. The van der Waals surface area contributed by atoms with Gasteiger partial charge in [-0.1, -0.05) is 36.4 Å². The maximum atomic E-state index is 2.47. The van der Waals surface area contributed by atoms with Crippen LogP contribution in [0, 0.1) is 0 Å². The smallest absolute Gasteiger partial charge is 0.0482 e. The lowest BCUT2D eigenvalue weighted by atomic mass is 10.2. The molecule has 0 radical (unpaired) electrons. The zero-order chi connectivity index (χ0) is 17.1. The van der Waals surface area contributed by atoms with Crippen molar-refractivity contribution in [1.82, 2.24) is 4.57 Å². The number of hydrogen-bond donors (Lipinski definition) is 0. The van der Waals surface area contributed by atoms with Gasteiger partial charge < -0.3 is 9.47 Å². The van der Waals surface area contributed by atoms with Gasteiger partial charge in [0.1, 0.15) is 0 Å². The van der Waals surface area contributed by atoms with Gasteiger partial charge in [0.25, 0.3) is 0 Å². The second kappa shape index (κ2) is 7.12. The Morgan fingerprint density at radius 3 is 2.25 bits per heavy atom. The number of rotatable bonds is 2. The van der Waals surface area contributed by atoms with E-state index in [1.807, 2.05) is 0 Å². The van der Waals surface area contributed by atoms with Crippen molar-refractivity contribution < 1.29 is 0 Å². The summed E-state index contributed by atoms with van der Waals surface area (Å²) < 4.78 is 2.29. The highest BCUT2D eigenvalue weighted by atomic mass is 15.2. The molecule has 0 saturated carbocycles. The Morgan fingerprint density at radius 2 is 1.50 bits per heavy atom. The maximum Gasteiger partial charge on any atom is 0.0482 e. The molecule has 2 aromatic carbocycles. The third-order valence-electron chi connectivity index (χ3n) is 4.73. The largest absolute Gasteiger partial charge is 0.369 e. The van der Waals surface area contributed by atoms with Crippen molar-refractivity contribution in [2.75, 3.05) is 11.4 Å². The lowest BCUT2D eigenvalue weighted by molar-refractivity contribution is 0.623. The molecule has 0 saturated heterocycles. The Hall–Kier alpha value is -2.22. The van der Waals surface area contributed by atoms with Crippen LogP contribution in [0.4, 0.5) is 5.69 Å². The first-order valence-corrected chi connectivity index (χ1v) is 8.98. The minimum absolute atomic E-state index is 0.546. The molecule has 0 fully saturated rings. The van der Waals surface area contributed by atoms with E-state index in [-0.39, 0.29) is 0 Å². The molecule has 0 aliphatic carbocycles. The van der Waals surface area contributed by atoms with Crippen LogP contribution in [0.15, 0.2) is 60.8 Å². The summed E-state index contributed by atoms with van der Waals surface area (Å²) in [6, 6.07) is 20.5. The van der Waals surface area contributed by atoms with Crippen LogP contribution in [0.5, 0.6) is 0 Å². The summed E-state index contributed by atoms with van der Waals surface area (Å²) in [6.45, 7) is 10.1. The number of aromatic nitrogens is 1. The molecule has 2 nitrogen and oxygen atoms in total. The quantitative estimate of drug-likeness (QED) is 0.590. The monoisotopic (exact) mass is 320 g/mol. The lowest BCUT2D eigenvalue weighted by Gasteiger charge is -2.23. The molecular weight excluding hydrogens is 292 g/mol. The molecule has 4 rings (SSSR count). The van der Waals surface area contributed by atoms with Crippen molar-refractivity contribution in [3.63, 3.8) is 0 Å². The van der Waals surface area contributed by atoms with Gasteiger partial charge in [0, 0.05) is 36.0 Å². The van der Waals surface area contributed by atoms with Crippen LogP contribution in [0.2, 0.25) is 0 Å². The Balaban J connectivity index is 0.000000141. The molecule has 0 bridgehead atoms. The number of fused-ring (bicyclic) bond motifs is 2. The fraction of sp³-hybridized carbons (Fsp3) is 0.364. The van der Waals surface area contributed by atoms with E-state index in [0.717, 1.165) is 0 Å². The minimum atomic E-state index is 0.546. The summed E-state index contributed by atoms with van der Waals surface area (Å²) in [4.78, 5) is 2.47. The zero-order valence-corrected chi connectivity index (χ0v) is 15.2. The molecule has 1 aliphatic heterocycles. The minimum Gasteiger partial charge on any atom is -0.369 e. The fourth-order valence-corrected chi connectivity index (χ4v) is 3.45. The normalized spacial score (nSPS) is 13.3. The fourth-order valence-electron chi connectivity index (χ4n) is 3.45. The molecule has 0 N–H and O–H groups in total. The molecule has 3 aromatic rings. The van der Waals surface area contributed by atoms with Gasteiger partial charge >= 0.3 is 0 Å². The van der Waals surface area contributed by atoms with E-state index in [4.69, 9.17) is 0 Å². The summed E-state index contributed by atoms with van der Waals surface area (Å²) in [7, 11) is 0. The second-order valence-electron chi connectivity index (χ2n) is 7.04. The highest BCUT2D eigenvalue weighted by molar-refractivity contribution is 5.80. The number of nitrogens with zero attached hydrogens (tertiary/aromatic N) is 2. The Kier molecular flexibility index (Phi) is 4.94. The summed E-state index contributed by atoms with van der Waals surface area (Å²) in [5, 5.41) is 1.33. The number of hydrogen-bond acceptors (Lipinski definition) is 1. The number of benzene rings is 2. The highest BCUT2D eigenvalue weighted by Gasteiger charge is 2.19. The van der Waals surface area contributed by atoms with E-state index in [1.165, 1.54) is 35.1 Å². The molecule has 0 unspecified atom stereocenters.